The van der Waals surface area contributed by atoms with Crippen LogP contribution in [0, 0.1) is 12.7 Å². The molecule has 166 valence electrons. The lowest BCUT2D eigenvalue weighted by atomic mass is 10.1. The number of carbonyl (C=O) groups is 1. The van der Waals surface area contributed by atoms with Crippen molar-refractivity contribution >= 4 is 18.0 Å². The first kappa shape index (κ1) is 21.5. The lowest BCUT2D eigenvalue weighted by Gasteiger charge is -2.20. The summed E-state index contributed by atoms with van der Waals surface area (Å²) in [6, 6.07) is 13.4. The summed E-state index contributed by atoms with van der Waals surface area (Å²) in [5.41, 5.74) is 0.689. The first-order valence-electron chi connectivity index (χ1n) is 10.4. The van der Waals surface area contributed by atoms with Crippen molar-refractivity contribution in [2.75, 3.05) is 16.8 Å². The standard InChI is InChI=1S/C23H24FN5O3/c1-4-17-13-31-23(30)29(17)22-27-15(3)26-21(28-22)25-14(2)16-10-11-20(19(24)12-16)32-18-8-6-5-7-9-18/h5-12,14,17H,4,13H2,1-3H3,(H,25,26,27,28)/t14-,17?/m0/s1. The predicted molar refractivity (Wildman–Crippen MR) is 117 cm³/mol. The van der Waals surface area contributed by atoms with Gasteiger partial charge in [-0.2, -0.15) is 15.0 Å². The van der Waals surface area contributed by atoms with Crippen molar-refractivity contribution in [1.29, 1.82) is 0 Å². The third-order valence-corrected chi connectivity index (χ3v) is 5.16. The quantitative estimate of drug-likeness (QED) is 0.555. The summed E-state index contributed by atoms with van der Waals surface area (Å²) in [6.45, 7) is 5.85. The van der Waals surface area contributed by atoms with Crippen LogP contribution < -0.4 is 15.0 Å². The van der Waals surface area contributed by atoms with Gasteiger partial charge in [0.1, 0.15) is 18.2 Å². The Labute approximate surface area is 185 Å². The first-order valence-corrected chi connectivity index (χ1v) is 10.4. The van der Waals surface area contributed by atoms with Crippen molar-refractivity contribution in [1.82, 2.24) is 15.0 Å². The van der Waals surface area contributed by atoms with Gasteiger partial charge in [-0.25, -0.2) is 14.1 Å². The molecule has 0 radical (unpaired) electrons. The number of nitrogens with one attached hydrogen (secondary N) is 1. The number of para-hydroxylation sites is 1. The van der Waals surface area contributed by atoms with E-state index in [1.54, 1.807) is 31.2 Å². The summed E-state index contributed by atoms with van der Waals surface area (Å²) >= 11 is 0. The molecular formula is C23H24FN5O3. The number of aryl methyl sites for hydroxylation is 1. The number of benzene rings is 2. The van der Waals surface area contributed by atoms with Crippen molar-refractivity contribution in [2.45, 2.75) is 39.3 Å². The monoisotopic (exact) mass is 437 g/mol. The number of amides is 1. The van der Waals surface area contributed by atoms with Gasteiger partial charge < -0.3 is 14.8 Å². The highest BCUT2D eigenvalue weighted by Crippen LogP contribution is 2.28. The van der Waals surface area contributed by atoms with Gasteiger partial charge >= 0.3 is 6.09 Å². The molecule has 0 spiro atoms. The van der Waals surface area contributed by atoms with Gasteiger partial charge in [-0.05, 0) is 50.1 Å². The van der Waals surface area contributed by atoms with E-state index in [0.717, 1.165) is 0 Å². The molecule has 0 saturated carbocycles. The summed E-state index contributed by atoms with van der Waals surface area (Å²) in [5, 5.41) is 3.16. The predicted octanol–water partition coefficient (Wildman–Crippen LogP) is 5.02. The molecule has 3 aromatic rings. The molecule has 1 aromatic heterocycles. The molecule has 4 rings (SSSR count). The van der Waals surface area contributed by atoms with Crippen LogP contribution in [0.5, 0.6) is 11.5 Å². The maximum Gasteiger partial charge on any atom is 0.417 e. The Morgan fingerprint density at radius 3 is 2.72 bits per heavy atom. The third-order valence-electron chi connectivity index (χ3n) is 5.16. The molecule has 1 aliphatic rings. The van der Waals surface area contributed by atoms with Crippen molar-refractivity contribution in [3.8, 4) is 11.5 Å². The number of ether oxygens (including phenoxy) is 2. The molecule has 0 bridgehead atoms. The van der Waals surface area contributed by atoms with E-state index >= 15 is 0 Å². The van der Waals surface area contributed by atoms with E-state index in [1.165, 1.54) is 11.0 Å². The van der Waals surface area contributed by atoms with Crippen LogP contribution in [0.3, 0.4) is 0 Å². The van der Waals surface area contributed by atoms with E-state index in [1.807, 2.05) is 32.0 Å². The number of halogens is 1. The number of anilines is 2. The molecule has 0 aliphatic carbocycles. The average molecular weight is 437 g/mol. The Balaban J connectivity index is 1.51. The lowest BCUT2D eigenvalue weighted by Crippen LogP contribution is -2.34. The Kier molecular flexibility index (Phi) is 6.16. The zero-order chi connectivity index (χ0) is 22.7. The molecule has 1 aliphatic heterocycles. The number of hydrogen-bond acceptors (Lipinski definition) is 7. The van der Waals surface area contributed by atoms with Gasteiger partial charge in [0.05, 0.1) is 12.1 Å². The lowest BCUT2D eigenvalue weighted by molar-refractivity contribution is 0.178. The second-order valence-corrected chi connectivity index (χ2v) is 7.49. The molecule has 2 atom stereocenters. The van der Waals surface area contributed by atoms with Crippen LogP contribution in [-0.4, -0.2) is 33.7 Å². The number of nitrogens with zero attached hydrogens (tertiary/aromatic N) is 4. The van der Waals surface area contributed by atoms with Gasteiger partial charge in [0.2, 0.25) is 11.9 Å². The van der Waals surface area contributed by atoms with Crippen molar-refractivity contribution in [2.24, 2.45) is 0 Å². The maximum atomic E-state index is 14.6. The van der Waals surface area contributed by atoms with Gasteiger partial charge in [-0.1, -0.05) is 31.2 Å². The molecule has 9 heteroatoms. The SMILES string of the molecule is CCC1COC(=O)N1c1nc(C)nc(N[C@@H](C)c2ccc(Oc3ccccc3)c(F)c2)n1. The first-order chi connectivity index (χ1) is 15.4. The zero-order valence-corrected chi connectivity index (χ0v) is 18.1. The molecule has 2 heterocycles. The van der Waals surface area contributed by atoms with Crippen molar-refractivity contribution < 1.29 is 18.7 Å². The second-order valence-electron chi connectivity index (χ2n) is 7.49. The molecule has 1 amide bonds. The summed E-state index contributed by atoms with van der Waals surface area (Å²) in [7, 11) is 0. The minimum atomic E-state index is -0.475. The Morgan fingerprint density at radius 2 is 2.00 bits per heavy atom. The van der Waals surface area contributed by atoms with Crippen molar-refractivity contribution in [3.05, 3.63) is 65.7 Å². The van der Waals surface area contributed by atoms with E-state index in [9.17, 15) is 9.18 Å². The molecule has 1 saturated heterocycles. The number of hydrogen-bond donors (Lipinski definition) is 1. The fraction of sp³-hybridized carbons (Fsp3) is 0.304. The topological polar surface area (TPSA) is 89.5 Å². The Morgan fingerprint density at radius 1 is 1.22 bits per heavy atom. The van der Waals surface area contributed by atoms with Crippen molar-refractivity contribution in [3.63, 3.8) is 0 Å². The summed E-state index contributed by atoms with van der Waals surface area (Å²) < 4.78 is 25.4. The molecule has 32 heavy (non-hydrogen) atoms. The Hall–Kier alpha value is -3.75. The number of aromatic nitrogens is 3. The fourth-order valence-electron chi connectivity index (χ4n) is 3.41. The van der Waals surface area contributed by atoms with Crippen LogP contribution in [0.4, 0.5) is 21.1 Å². The number of carbonyl (C=O) groups excluding carboxylic acids is 1. The highest BCUT2D eigenvalue weighted by Gasteiger charge is 2.35. The zero-order valence-electron chi connectivity index (χ0n) is 18.1. The van der Waals surface area contributed by atoms with Crippen LogP contribution >= 0.6 is 0 Å². The van der Waals surface area contributed by atoms with E-state index in [-0.39, 0.29) is 23.8 Å². The summed E-state index contributed by atoms with van der Waals surface area (Å²) in [4.78, 5) is 26.6. The van der Waals surface area contributed by atoms with Crippen LogP contribution in [0.2, 0.25) is 0 Å². The fourth-order valence-corrected chi connectivity index (χ4v) is 3.41. The molecule has 8 nitrogen and oxygen atoms in total. The highest BCUT2D eigenvalue weighted by atomic mass is 19.1. The molecule has 2 aromatic carbocycles. The third kappa shape index (κ3) is 4.61. The minimum Gasteiger partial charge on any atom is -0.454 e. The molecule has 1 N–H and O–H groups in total. The number of cyclic esters (lactones) is 1. The molecule has 1 fully saturated rings. The largest absolute Gasteiger partial charge is 0.454 e. The van der Waals surface area contributed by atoms with Gasteiger partial charge in [0.25, 0.3) is 0 Å². The normalized spacial score (nSPS) is 16.6. The average Bonchev–Trinajstić information content (AvgIpc) is 3.16. The van der Waals surface area contributed by atoms with Gasteiger partial charge in [0.15, 0.2) is 11.6 Å². The van der Waals surface area contributed by atoms with E-state index < -0.39 is 11.9 Å². The van der Waals surface area contributed by atoms with Crippen LogP contribution in [-0.2, 0) is 4.74 Å². The Bertz CT molecular complexity index is 1110. The summed E-state index contributed by atoms with van der Waals surface area (Å²) in [5.74, 6) is 1.21. The minimum absolute atomic E-state index is 0.124. The smallest absolute Gasteiger partial charge is 0.417 e. The number of rotatable bonds is 7. The maximum absolute atomic E-state index is 14.6. The van der Waals surface area contributed by atoms with Gasteiger partial charge in [0, 0.05) is 0 Å². The van der Waals surface area contributed by atoms with Crippen LogP contribution in [0.15, 0.2) is 48.5 Å². The van der Waals surface area contributed by atoms with E-state index in [4.69, 9.17) is 9.47 Å². The molecule has 1 unspecified atom stereocenters. The van der Waals surface area contributed by atoms with Crippen LogP contribution in [0.25, 0.3) is 0 Å². The highest BCUT2D eigenvalue weighted by molar-refractivity contribution is 5.88. The van der Waals surface area contributed by atoms with Gasteiger partial charge in [-0.3, -0.25) is 0 Å². The van der Waals surface area contributed by atoms with Gasteiger partial charge in [-0.15, -0.1) is 0 Å². The van der Waals surface area contributed by atoms with E-state index in [2.05, 4.69) is 20.3 Å². The van der Waals surface area contributed by atoms with Crippen LogP contribution in [0.1, 0.15) is 37.7 Å². The summed E-state index contributed by atoms with van der Waals surface area (Å²) in [6.07, 6.45) is 0.240. The second kappa shape index (κ2) is 9.17. The van der Waals surface area contributed by atoms with E-state index in [0.29, 0.717) is 36.1 Å². The molecular weight excluding hydrogens is 413 g/mol.